The second-order valence-corrected chi connectivity index (χ2v) is 8.54. The predicted molar refractivity (Wildman–Crippen MR) is 142 cm³/mol. The summed E-state index contributed by atoms with van der Waals surface area (Å²) in [6, 6.07) is 20.7. The van der Waals surface area contributed by atoms with E-state index in [0.29, 0.717) is 41.2 Å². The lowest BCUT2D eigenvalue weighted by Gasteiger charge is -2.15. The summed E-state index contributed by atoms with van der Waals surface area (Å²) in [6.07, 6.45) is 1.13. The van der Waals surface area contributed by atoms with Crippen LogP contribution < -0.4 is 25.1 Å². The van der Waals surface area contributed by atoms with Gasteiger partial charge < -0.3 is 19.5 Å². The number of ether oxygens (including phenoxy) is 3. The largest absolute Gasteiger partial charge is 0.497 e. The molecule has 186 valence electrons. The fourth-order valence-corrected chi connectivity index (χ4v) is 4.25. The first-order valence-corrected chi connectivity index (χ1v) is 11.7. The zero-order chi connectivity index (χ0) is 25.7. The molecule has 1 amide bonds. The minimum absolute atomic E-state index is 0.0970. The van der Waals surface area contributed by atoms with E-state index in [1.807, 2.05) is 67.6 Å². The van der Waals surface area contributed by atoms with Crippen LogP contribution in [0.5, 0.6) is 17.2 Å². The van der Waals surface area contributed by atoms with Gasteiger partial charge >= 0.3 is 0 Å². The van der Waals surface area contributed by atoms with Crippen LogP contribution in [0.3, 0.4) is 0 Å². The first-order chi connectivity index (χ1) is 17.4. The number of fused-ring (bicyclic) bond motifs is 1. The van der Waals surface area contributed by atoms with Crippen molar-refractivity contribution in [2.45, 2.75) is 26.3 Å². The van der Waals surface area contributed by atoms with Gasteiger partial charge in [-0.05, 0) is 73.4 Å². The molecule has 1 heterocycles. The van der Waals surface area contributed by atoms with Crippen molar-refractivity contribution < 1.29 is 19.0 Å². The Labute approximate surface area is 210 Å². The number of carbonyl (C=O) groups is 1. The zero-order valence-corrected chi connectivity index (χ0v) is 21.0. The summed E-state index contributed by atoms with van der Waals surface area (Å²) in [5.74, 6) is 1.72. The predicted octanol–water partition coefficient (Wildman–Crippen LogP) is 4.76. The van der Waals surface area contributed by atoms with Crippen LogP contribution in [0.25, 0.3) is 10.9 Å². The average molecular weight is 487 g/mol. The summed E-state index contributed by atoms with van der Waals surface area (Å²) in [4.78, 5) is 26.5. The van der Waals surface area contributed by atoms with E-state index in [4.69, 9.17) is 14.2 Å². The number of aryl methyl sites for hydroxylation is 3. The van der Waals surface area contributed by atoms with Gasteiger partial charge in [0.15, 0.2) is 11.5 Å². The van der Waals surface area contributed by atoms with Crippen LogP contribution in [-0.4, -0.2) is 31.8 Å². The first-order valence-electron chi connectivity index (χ1n) is 11.7. The number of hydrogen-bond acceptors (Lipinski definition) is 5. The summed E-state index contributed by atoms with van der Waals surface area (Å²) in [5, 5.41) is 3.76. The number of carbonyl (C=O) groups excluding carboxylic acids is 1. The topological polar surface area (TPSA) is 78.8 Å². The highest BCUT2D eigenvalue weighted by Crippen LogP contribution is 2.28. The molecule has 0 aliphatic heterocycles. The van der Waals surface area contributed by atoms with Crippen molar-refractivity contribution in [1.82, 2.24) is 4.57 Å². The van der Waals surface area contributed by atoms with E-state index in [9.17, 15) is 9.59 Å². The van der Waals surface area contributed by atoms with Crippen LogP contribution in [-0.2, 0) is 24.2 Å². The van der Waals surface area contributed by atoms with Crippen molar-refractivity contribution in [1.29, 1.82) is 0 Å². The summed E-state index contributed by atoms with van der Waals surface area (Å²) in [6.45, 7) is 1.83. The maximum Gasteiger partial charge on any atom is 0.254 e. The fourth-order valence-electron chi connectivity index (χ4n) is 4.25. The molecule has 7 heteroatoms. The number of aromatic nitrogens is 1. The molecular formula is C29H30N2O5. The zero-order valence-electron chi connectivity index (χ0n) is 21.0. The van der Waals surface area contributed by atoms with Gasteiger partial charge in [0.05, 0.1) is 26.8 Å². The molecule has 36 heavy (non-hydrogen) atoms. The molecule has 0 saturated heterocycles. The highest BCUT2D eigenvalue weighted by molar-refractivity contribution is 5.92. The number of nitrogens with zero attached hydrogens (tertiary/aromatic N) is 1. The third kappa shape index (κ3) is 5.35. The van der Waals surface area contributed by atoms with Gasteiger partial charge in [0.2, 0.25) is 5.91 Å². The molecule has 0 aliphatic carbocycles. The highest BCUT2D eigenvalue weighted by Gasteiger charge is 2.15. The molecule has 0 unspecified atom stereocenters. The van der Waals surface area contributed by atoms with Gasteiger partial charge in [-0.15, -0.1) is 0 Å². The minimum Gasteiger partial charge on any atom is -0.497 e. The molecular weight excluding hydrogens is 456 g/mol. The van der Waals surface area contributed by atoms with Gasteiger partial charge in [-0.3, -0.25) is 14.2 Å². The number of nitrogens with one attached hydrogen (secondary N) is 1. The summed E-state index contributed by atoms with van der Waals surface area (Å²) >= 11 is 0. The smallest absolute Gasteiger partial charge is 0.254 e. The van der Waals surface area contributed by atoms with Gasteiger partial charge in [-0.1, -0.05) is 24.3 Å². The Morgan fingerprint density at radius 3 is 2.36 bits per heavy atom. The van der Waals surface area contributed by atoms with Crippen molar-refractivity contribution in [3.63, 3.8) is 0 Å². The van der Waals surface area contributed by atoms with Crippen LogP contribution >= 0.6 is 0 Å². The average Bonchev–Trinajstić information content (AvgIpc) is 2.90. The molecule has 4 aromatic rings. The third-order valence-electron chi connectivity index (χ3n) is 6.23. The van der Waals surface area contributed by atoms with E-state index in [2.05, 4.69) is 5.32 Å². The van der Waals surface area contributed by atoms with E-state index in [0.717, 1.165) is 22.2 Å². The van der Waals surface area contributed by atoms with Gasteiger partial charge in [0, 0.05) is 16.6 Å². The van der Waals surface area contributed by atoms with Gasteiger partial charge in [0.25, 0.3) is 5.56 Å². The van der Waals surface area contributed by atoms with Gasteiger partial charge in [0.1, 0.15) is 12.3 Å². The fraction of sp³-hybridized carbons (Fsp3) is 0.241. The Hall–Kier alpha value is -4.26. The second kappa shape index (κ2) is 11.0. The molecule has 0 saturated carbocycles. The number of rotatable bonds is 9. The Bertz CT molecular complexity index is 1460. The van der Waals surface area contributed by atoms with Crippen molar-refractivity contribution >= 4 is 22.5 Å². The van der Waals surface area contributed by atoms with Crippen LogP contribution in [0.15, 0.2) is 71.5 Å². The van der Waals surface area contributed by atoms with E-state index in [-0.39, 0.29) is 18.0 Å². The lowest BCUT2D eigenvalue weighted by Crippen LogP contribution is -2.30. The van der Waals surface area contributed by atoms with Gasteiger partial charge in [-0.25, -0.2) is 0 Å². The minimum atomic E-state index is -0.263. The molecule has 4 rings (SSSR count). The number of para-hydroxylation sites is 1. The van der Waals surface area contributed by atoms with Crippen LogP contribution in [0.2, 0.25) is 0 Å². The monoisotopic (exact) mass is 486 g/mol. The molecule has 0 fully saturated rings. The van der Waals surface area contributed by atoms with Gasteiger partial charge in [-0.2, -0.15) is 0 Å². The number of pyridine rings is 1. The van der Waals surface area contributed by atoms with E-state index in [1.165, 1.54) is 4.57 Å². The van der Waals surface area contributed by atoms with Crippen LogP contribution in [0.4, 0.5) is 5.69 Å². The molecule has 0 aliphatic rings. The quantitative estimate of drug-likeness (QED) is 0.369. The summed E-state index contributed by atoms with van der Waals surface area (Å²) < 4.78 is 17.6. The van der Waals surface area contributed by atoms with Crippen LogP contribution in [0.1, 0.15) is 16.7 Å². The lowest BCUT2D eigenvalue weighted by molar-refractivity contribution is -0.116. The molecule has 0 radical (unpaired) electrons. The van der Waals surface area contributed by atoms with Crippen LogP contribution in [0, 0.1) is 6.92 Å². The first kappa shape index (κ1) is 24.9. The number of anilines is 1. The van der Waals surface area contributed by atoms with Crippen molar-refractivity contribution in [2.75, 3.05) is 26.6 Å². The number of hydrogen-bond donors (Lipinski definition) is 1. The Morgan fingerprint density at radius 1 is 0.861 bits per heavy atom. The van der Waals surface area contributed by atoms with E-state index in [1.54, 1.807) is 27.4 Å². The van der Waals surface area contributed by atoms with Crippen molar-refractivity contribution in [2.24, 2.45) is 0 Å². The molecule has 1 aromatic heterocycles. The molecule has 0 atom stereocenters. The highest BCUT2D eigenvalue weighted by atomic mass is 16.5. The van der Waals surface area contributed by atoms with E-state index >= 15 is 0 Å². The maximum absolute atomic E-state index is 13.5. The number of amides is 1. The molecule has 0 spiro atoms. The normalized spacial score (nSPS) is 10.8. The Balaban J connectivity index is 1.67. The third-order valence-corrected chi connectivity index (χ3v) is 6.23. The molecule has 3 aromatic carbocycles. The lowest BCUT2D eigenvalue weighted by atomic mass is 10.0. The molecule has 0 bridgehead atoms. The Morgan fingerprint density at radius 2 is 1.64 bits per heavy atom. The molecule has 1 N–H and O–H groups in total. The van der Waals surface area contributed by atoms with Crippen molar-refractivity contribution in [3.8, 4) is 17.2 Å². The SMILES string of the molecule is COc1ccc2c(c1)cc(CCc1ccc(OC)c(OC)c1)c(=O)n2CC(=O)Nc1ccccc1C. The second-order valence-electron chi connectivity index (χ2n) is 8.54. The maximum atomic E-state index is 13.5. The van der Waals surface area contributed by atoms with Crippen molar-refractivity contribution in [3.05, 3.63) is 93.8 Å². The number of methoxy groups -OCH3 is 3. The number of benzene rings is 3. The Kier molecular flexibility index (Phi) is 7.59. The standard InChI is InChI=1S/C29H30N2O5/c1-19-7-5-6-8-24(19)30-28(32)18-31-25-13-12-23(34-2)17-22(25)16-21(29(31)33)11-9-20-10-14-26(35-3)27(15-20)36-4/h5-8,10,12-17H,9,11,18H2,1-4H3,(H,30,32). The summed E-state index contributed by atoms with van der Waals surface area (Å²) in [7, 11) is 4.79. The molecule has 7 nitrogen and oxygen atoms in total. The summed E-state index contributed by atoms with van der Waals surface area (Å²) in [5.41, 5.74) is 3.81. The van der Waals surface area contributed by atoms with E-state index < -0.39 is 0 Å².